The highest BCUT2D eigenvalue weighted by atomic mass is 16.4. The topological polar surface area (TPSA) is 208 Å². The number of hydrogen-bond donors (Lipinski definition) is 8. The molecule has 2 aromatic rings. The summed E-state index contributed by atoms with van der Waals surface area (Å²) in [6, 6.07) is 10.7. The summed E-state index contributed by atoms with van der Waals surface area (Å²) >= 11 is 0. The first kappa shape index (κ1) is 25.3. The lowest BCUT2D eigenvalue weighted by Gasteiger charge is -2.07. The van der Waals surface area contributed by atoms with Crippen LogP contribution >= 0.6 is 0 Å². The van der Waals surface area contributed by atoms with Gasteiger partial charge in [0.05, 0.1) is 0 Å². The van der Waals surface area contributed by atoms with E-state index in [1.165, 1.54) is 24.3 Å². The van der Waals surface area contributed by atoms with E-state index < -0.39 is 38.3 Å². The SMILES string of the molecule is N[C@@H](Cc1ccc(B(O)O)cc1)C(=O)O.N[C@@H](Cc1ccc(B(O)O)cc1)C(=O)O. The normalized spacial score (nSPS) is 12.2. The molecule has 30 heavy (non-hydrogen) atoms. The number of carboxylic acid groups (broad SMARTS) is 2. The molecule has 0 radical (unpaired) electrons. The number of carbonyl (C=O) groups is 2. The summed E-state index contributed by atoms with van der Waals surface area (Å²) < 4.78 is 0. The molecule has 0 fully saturated rings. The Morgan fingerprint density at radius 2 is 0.933 bits per heavy atom. The first-order valence-corrected chi connectivity index (χ1v) is 8.88. The number of hydrogen-bond acceptors (Lipinski definition) is 8. The molecule has 160 valence electrons. The van der Waals surface area contributed by atoms with Crippen molar-refractivity contribution in [2.75, 3.05) is 0 Å². The van der Waals surface area contributed by atoms with E-state index in [4.69, 9.17) is 41.8 Å². The monoisotopic (exact) mass is 418 g/mol. The van der Waals surface area contributed by atoms with Gasteiger partial charge < -0.3 is 41.8 Å². The summed E-state index contributed by atoms with van der Waals surface area (Å²) in [5.74, 6) is -2.11. The Morgan fingerprint density at radius 3 is 1.13 bits per heavy atom. The van der Waals surface area contributed by atoms with E-state index in [0.29, 0.717) is 10.9 Å². The van der Waals surface area contributed by atoms with Crippen LogP contribution in [0.2, 0.25) is 0 Å². The zero-order valence-corrected chi connectivity index (χ0v) is 16.0. The highest BCUT2D eigenvalue weighted by Gasteiger charge is 2.15. The second-order valence-corrected chi connectivity index (χ2v) is 6.53. The van der Waals surface area contributed by atoms with Crippen LogP contribution in [-0.2, 0) is 22.4 Å². The summed E-state index contributed by atoms with van der Waals surface area (Å²) in [6.07, 6.45) is 0.439. The van der Waals surface area contributed by atoms with Crippen molar-refractivity contribution in [2.45, 2.75) is 24.9 Å². The van der Waals surface area contributed by atoms with Crippen LogP contribution in [0.5, 0.6) is 0 Å². The van der Waals surface area contributed by atoms with Crippen molar-refractivity contribution in [3.05, 3.63) is 59.7 Å². The molecule has 0 heterocycles. The largest absolute Gasteiger partial charge is 0.488 e. The van der Waals surface area contributed by atoms with Crippen molar-refractivity contribution in [1.82, 2.24) is 0 Å². The minimum atomic E-state index is -1.51. The molecule has 2 atom stereocenters. The molecule has 2 aromatic carbocycles. The molecule has 10 N–H and O–H groups in total. The van der Waals surface area contributed by atoms with Crippen LogP contribution in [0, 0.1) is 0 Å². The zero-order chi connectivity index (χ0) is 22.8. The van der Waals surface area contributed by atoms with Crippen LogP contribution in [0.15, 0.2) is 48.5 Å². The highest BCUT2D eigenvalue weighted by molar-refractivity contribution is 6.58. The van der Waals surface area contributed by atoms with E-state index in [1.807, 2.05) is 0 Å². The van der Waals surface area contributed by atoms with Gasteiger partial charge in [-0.25, -0.2) is 0 Å². The second kappa shape index (κ2) is 12.1. The predicted octanol–water partition coefficient (Wildman–Crippen LogP) is -3.36. The maximum Gasteiger partial charge on any atom is 0.488 e. The summed E-state index contributed by atoms with van der Waals surface area (Å²) in [5, 5.41) is 52.4. The standard InChI is InChI=1S/2C9H12BNO4/c2*11-8(9(12)13)5-6-1-3-7(4-2-6)10(14)15/h2*1-4,8,14-15H,5,11H2,(H,12,13)/t2*8-/m00/s1. The van der Waals surface area contributed by atoms with E-state index in [1.54, 1.807) is 24.3 Å². The molecule has 12 heteroatoms. The molecule has 0 saturated heterocycles. The molecule has 0 amide bonds. The van der Waals surface area contributed by atoms with E-state index in [9.17, 15) is 9.59 Å². The average molecular weight is 418 g/mol. The molecule has 0 aliphatic carbocycles. The molecule has 0 aromatic heterocycles. The van der Waals surface area contributed by atoms with Crippen LogP contribution < -0.4 is 22.4 Å². The Morgan fingerprint density at radius 1 is 0.667 bits per heavy atom. The third-order valence-electron chi connectivity index (χ3n) is 4.10. The summed E-state index contributed by atoms with van der Waals surface area (Å²) in [4.78, 5) is 20.9. The van der Waals surface area contributed by atoms with Gasteiger partial charge >= 0.3 is 26.2 Å². The Balaban J connectivity index is 0.000000300. The van der Waals surface area contributed by atoms with Crippen molar-refractivity contribution in [3.8, 4) is 0 Å². The highest BCUT2D eigenvalue weighted by Crippen LogP contribution is 2.02. The summed E-state index contributed by atoms with van der Waals surface area (Å²) in [5.41, 5.74) is 12.9. The van der Waals surface area contributed by atoms with Gasteiger partial charge in [0.25, 0.3) is 0 Å². The molecule has 0 bridgehead atoms. The first-order chi connectivity index (χ1) is 14.0. The Kier molecular flexibility index (Phi) is 10.2. The summed E-state index contributed by atoms with van der Waals surface area (Å²) in [6.45, 7) is 0. The lowest BCUT2D eigenvalue weighted by atomic mass is 9.80. The van der Waals surface area contributed by atoms with Gasteiger partial charge in [-0.05, 0) is 34.9 Å². The average Bonchev–Trinajstić information content (AvgIpc) is 2.69. The quantitative estimate of drug-likeness (QED) is 0.200. The van der Waals surface area contributed by atoms with Gasteiger partial charge in [0, 0.05) is 0 Å². The van der Waals surface area contributed by atoms with Crippen molar-refractivity contribution in [3.63, 3.8) is 0 Å². The van der Waals surface area contributed by atoms with Gasteiger partial charge in [-0.3, -0.25) is 9.59 Å². The second-order valence-electron chi connectivity index (χ2n) is 6.53. The van der Waals surface area contributed by atoms with Crippen molar-refractivity contribution in [1.29, 1.82) is 0 Å². The molecule has 0 unspecified atom stereocenters. The molecular formula is C18H24B2N2O8. The maximum atomic E-state index is 10.5. The van der Waals surface area contributed by atoms with Crippen LogP contribution in [0.4, 0.5) is 0 Å². The van der Waals surface area contributed by atoms with Gasteiger partial charge in [0.15, 0.2) is 0 Å². The lowest BCUT2D eigenvalue weighted by Crippen LogP contribution is -2.33. The van der Waals surface area contributed by atoms with Crippen molar-refractivity contribution < 1.29 is 39.9 Å². The van der Waals surface area contributed by atoms with E-state index >= 15 is 0 Å². The van der Waals surface area contributed by atoms with Crippen LogP contribution in [0.3, 0.4) is 0 Å². The van der Waals surface area contributed by atoms with E-state index in [2.05, 4.69) is 0 Å². The number of rotatable bonds is 8. The molecule has 10 nitrogen and oxygen atoms in total. The molecule has 0 aliphatic heterocycles. The summed E-state index contributed by atoms with van der Waals surface area (Å²) in [7, 11) is -3.01. The molecular weight excluding hydrogens is 394 g/mol. The fourth-order valence-electron chi connectivity index (χ4n) is 2.33. The third kappa shape index (κ3) is 8.74. The molecule has 0 saturated carbocycles. The third-order valence-corrected chi connectivity index (χ3v) is 4.10. The van der Waals surface area contributed by atoms with Gasteiger partial charge in [-0.2, -0.15) is 0 Å². The number of aliphatic carboxylic acids is 2. The fraction of sp³-hybridized carbons (Fsp3) is 0.222. The minimum absolute atomic E-state index is 0.219. The maximum absolute atomic E-state index is 10.5. The Hall–Kier alpha value is -2.73. The Labute approximate surface area is 173 Å². The van der Waals surface area contributed by atoms with Crippen LogP contribution in [0.25, 0.3) is 0 Å². The Bertz CT molecular complexity index is 746. The van der Waals surface area contributed by atoms with Crippen molar-refractivity contribution in [2.24, 2.45) is 11.5 Å². The lowest BCUT2D eigenvalue weighted by molar-refractivity contribution is -0.139. The van der Waals surface area contributed by atoms with Crippen LogP contribution in [-0.4, -0.2) is 68.6 Å². The fourth-order valence-corrected chi connectivity index (χ4v) is 2.33. The van der Waals surface area contributed by atoms with E-state index in [0.717, 1.165) is 11.1 Å². The molecule has 2 rings (SSSR count). The molecule has 0 aliphatic rings. The van der Waals surface area contributed by atoms with Gasteiger partial charge in [0.1, 0.15) is 12.1 Å². The van der Waals surface area contributed by atoms with Crippen molar-refractivity contribution >= 4 is 37.1 Å². The van der Waals surface area contributed by atoms with Gasteiger partial charge in [-0.1, -0.05) is 48.5 Å². The van der Waals surface area contributed by atoms with Gasteiger partial charge in [0.2, 0.25) is 0 Å². The van der Waals surface area contributed by atoms with E-state index in [-0.39, 0.29) is 12.8 Å². The number of benzene rings is 2. The minimum Gasteiger partial charge on any atom is -0.480 e. The van der Waals surface area contributed by atoms with Crippen LogP contribution in [0.1, 0.15) is 11.1 Å². The van der Waals surface area contributed by atoms with Gasteiger partial charge in [-0.15, -0.1) is 0 Å². The zero-order valence-electron chi connectivity index (χ0n) is 16.0. The number of nitrogens with two attached hydrogens (primary N) is 2. The smallest absolute Gasteiger partial charge is 0.480 e. The predicted molar refractivity (Wildman–Crippen MR) is 111 cm³/mol. The molecule has 0 spiro atoms. The number of carboxylic acids is 2. The first-order valence-electron chi connectivity index (χ1n) is 8.88.